The Balaban J connectivity index is 1.70. The molecule has 0 aromatic rings. The predicted octanol–water partition coefficient (Wildman–Crippen LogP) is 2.79. The number of ether oxygens (including phenoxy) is 1. The van der Waals surface area contributed by atoms with Gasteiger partial charge in [0.2, 0.25) is 5.91 Å². The summed E-state index contributed by atoms with van der Waals surface area (Å²) < 4.78 is 6.07. The van der Waals surface area contributed by atoms with Gasteiger partial charge in [0.25, 0.3) is 0 Å². The average Bonchev–Trinajstić information content (AvgIpc) is 3.18. The molecule has 2 saturated heterocycles. The number of nitrogens with one attached hydrogen (secondary N) is 2. The molecule has 2 aliphatic heterocycles. The van der Waals surface area contributed by atoms with Crippen LogP contribution in [0, 0.1) is 11.8 Å². The molecule has 4 atom stereocenters. The molecular formula is C19H32N2O4. The van der Waals surface area contributed by atoms with Crippen molar-refractivity contribution in [3.63, 3.8) is 0 Å². The number of unbranched alkanes of at least 4 members (excludes halogenated alkanes) is 2. The Morgan fingerprint density at radius 1 is 1.12 bits per heavy atom. The third-order valence-corrected chi connectivity index (χ3v) is 5.25. The number of amides is 1. The molecule has 25 heavy (non-hydrogen) atoms. The molecule has 1 amide bonds. The average molecular weight is 352 g/mol. The van der Waals surface area contributed by atoms with Gasteiger partial charge < -0.3 is 9.84 Å². The number of allylic oxidation sites excluding steroid dienone is 2. The molecule has 0 aromatic carbocycles. The van der Waals surface area contributed by atoms with Crippen LogP contribution in [0.15, 0.2) is 12.2 Å². The maximum absolute atomic E-state index is 11.7. The largest absolute Gasteiger partial charge is 0.481 e. The fraction of sp³-hybridized carbons (Fsp3) is 0.789. The number of hydrogen-bond acceptors (Lipinski definition) is 4. The van der Waals surface area contributed by atoms with E-state index in [0.717, 1.165) is 45.1 Å². The second-order valence-corrected chi connectivity index (χ2v) is 7.14. The zero-order valence-corrected chi connectivity index (χ0v) is 15.2. The summed E-state index contributed by atoms with van der Waals surface area (Å²) in [7, 11) is 0. The van der Waals surface area contributed by atoms with Gasteiger partial charge in [0.15, 0.2) is 0 Å². The van der Waals surface area contributed by atoms with Gasteiger partial charge in [-0.2, -0.15) is 0 Å². The van der Waals surface area contributed by atoms with E-state index in [2.05, 4.69) is 29.9 Å². The Labute approximate surface area is 150 Å². The van der Waals surface area contributed by atoms with Crippen molar-refractivity contribution in [1.29, 1.82) is 0 Å². The monoisotopic (exact) mass is 352 g/mol. The lowest BCUT2D eigenvalue weighted by Gasteiger charge is -2.27. The topological polar surface area (TPSA) is 87.7 Å². The molecule has 2 heterocycles. The summed E-state index contributed by atoms with van der Waals surface area (Å²) >= 11 is 0. The number of carboxylic acids is 1. The zero-order valence-electron chi connectivity index (χ0n) is 15.2. The Bertz CT molecular complexity index is 466. The van der Waals surface area contributed by atoms with Crippen LogP contribution >= 0.6 is 0 Å². The van der Waals surface area contributed by atoms with Crippen molar-refractivity contribution in [2.75, 3.05) is 6.54 Å². The van der Waals surface area contributed by atoms with Crippen LogP contribution in [0.25, 0.3) is 0 Å². The molecule has 2 rings (SSSR count). The number of carboxylic acid groups (broad SMARTS) is 1. The summed E-state index contributed by atoms with van der Waals surface area (Å²) in [6, 6.07) is 0. The Kier molecular flexibility index (Phi) is 8.41. The van der Waals surface area contributed by atoms with Gasteiger partial charge >= 0.3 is 5.97 Å². The smallest absolute Gasteiger partial charge is 0.303 e. The van der Waals surface area contributed by atoms with Crippen molar-refractivity contribution < 1.29 is 19.4 Å². The lowest BCUT2D eigenvalue weighted by molar-refractivity contribution is -0.137. The molecule has 0 aromatic heterocycles. The summed E-state index contributed by atoms with van der Waals surface area (Å²) in [4.78, 5) is 22.2. The van der Waals surface area contributed by atoms with E-state index in [9.17, 15) is 9.59 Å². The van der Waals surface area contributed by atoms with Crippen molar-refractivity contribution in [1.82, 2.24) is 10.9 Å². The summed E-state index contributed by atoms with van der Waals surface area (Å²) in [5.74, 6) is 0.228. The Morgan fingerprint density at radius 3 is 2.60 bits per heavy atom. The highest BCUT2D eigenvalue weighted by Gasteiger charge is 2.47. The van der Waals surface area contributed by atoms with E-state index < -0.39 is 5.97 Å². The molecule has 142 valence electrons. The molecule has 6 nitrogen and oxygen atoms in total. The predicted molar refractivity (Wildman–Crippen MR) is 95.8 cm³/mol. The zero-order chi connectivity index (χ0) is 18.1. The van der Waals surface area contributed by atoms with Crippen molar-refractivity contribution >= 4 is 11.9 Å². The van der Waals surface area contributed by atoms with E-state index in [4.69, 9.17) is 9.84 Å². The summed E-state index contributed by atoms with van der Waals surface area (Å²) in [6.45, 7) is 2.82. The highest BCUT2D eigenvalue weighted by atomic mass is 16.5. The van der Waals surface area contributed by atoms with E-state index >= 15 is 0 Å². The number of rotatable bonds is 12. The first kappa shape index (κ1) is 19.9. The molecule has 2 fully saturated rings. The van der Waals surface area contributed by atoms with E-state index in [1.54, 1.807) is 0 Å². The molecule has 2 aliphatic rings. The molecule has 3 N–H and O–H groups in total. The van der Waals surface area contributed by atoms with Crippen LogP contribution in [-0.2, 0) is 14.3 Å². The SMILES string of the molecule is CCCCC(=O)NNC[C@@H]1[C@@H](CC=CCCCC(=O)O)[C@H]2CC[C@@H]1O2. The maximum atomic E-state index is 11.7. The van der Waals surface area contributed by atoms with Crippen molar-refractivity contribution in [3.8, 4) is 0 Å². The van der Waals surface area contributed by atoms with Crippen LogP contribution < -0.4 is 10.9 Å². The third kappa shape index (κ3) is 6.44. The fourth-order valence-corrected chi connectivity index (χ4v) is 3.89. The molecule has 0 aliphatic carbocycles. The molecule has 0 unspecified atom stereocenters. The highest BCUT2D eigenvalue weighted by Crippen LogP contribution is 2.44. The minimum atomic E-state index is -0.734. The van der Waals surface area contributed by atoms with Gasteiger partial charge in [-0.3, -0.25) is 15.0 Å². The number of carbonyl (C=O) groups excluding carboxylic acids is 1. The molecule has 0 saturated carbocycles. The van der Waals surface area contributed by atoms with E-state index in [1.807, 2.05) is 0 Å². The van der Waals surface area contributed by atoms with Gasteiger partial charge in [-0.1, -0.05) is 25.5 Å². The van der Waals surface area contributed by atoms with Gasteiger partial charge in [-0.05, 0) is 44.4 Å². The second-order valence-electron chi connectivity index (χ2n) is 7.14. The molecule has 0 spiro atoms. The minimum absolute atomic E-state index is 0.0563. The number of hydrazine groups is 1. The quantitative estimate of drug-likeness (QED) is 0.286. The third-order valence-electron chi connectivity index (χ3n) is 5.25. The van der Waals surface area contributed by atoms with E-state index in [1.165, 1.54) is 0 Å². The van der Waals surface area contributed by atoms with Crippen LogP contribution in [0.3, 0.4) is 0 Å². The minimum Gasteiger partial charge on any atom is -0.481 e. The first-order valence-electron chi connectivity index (χ1n) is 9.65. The van der Waals surface area contributed by atoms with Gasteiger partial charge in [0.05, 0.1) is 12.2 Å². The number of hydrogen-bond donors (Lipinski definition) is 3. The fourth-order valence-electron chi connectivity index (χ4n) is 3.89. The van der Waals surface area contributed by atoms with Crippen molar-refractivity contribution in [3.05, 3.63) is 12.2 Å². The highest BCUT2D eigenvalue weighted by molar-refractivity contribution is 5.75. The van der Waals surface area contributed by atoms with Crippen LogP contribution in [-0.4, -0.2) is 35.7 Å². The number of fused-ring (bicyclic) bond motifs is 2. The van der Waals surface area contributed by atoms with E-state index in [0.29, 0.717) is 36.9 Å². The van der Waals surface area contributed by atoms with E-state index in [-0.39, 0.29) is 12.3 Å². The standard InChI is InChI=1S/C19H32N2O4/c1-2-3-9-18(22)21-20-13-15-14(16-11-12-17(15)25-16)8-6-4-5-7-10-19(23)24/h4,6,14-17,20H,2-3,5,7-13H2,1H3,(H,21,22)(H,23,24)/t14-,15-,16-,17+/m1/s1. The summed E-state index contributed by atoms with van der Waals surface area (Å²) in [5, 5.41) is 8.64. The number of carbonyl (C=O) groups is 2. The summed E-state index contributed by atoms with van der Waals surface area (Å²) in [6.07, 6.45) is 12.3. The number of aliphatic carboxylic acids is 1. The Morgan fingerprint density at radius 2 is 1.88 bits per heavy atom. The molecular weight excluding hydrogens is 320 g/mol. The maximum Gasteiger partial charge on any atom is 0.303 e. The normalized spacial score (nSPS) is 27.9. The molecule has 0 radical (unpaired) electrons. The first-order chi connectivity index (χ1) is 12.1. The van der Waals surface area contributed by atoms with Crippen LogP contribution in [0.4, 0.5) is 0 Å². The van der Waals surface area contributed by atoms with Crippen molar-refractivity contribution in [2.45, 2.75) is 76.9 Å². The lowest BCUT2D eigenvalue weighted by atomic mass is 9.77. The second kappa shape index (κ2) is 10.6. The van der Waals surface area contributed by atoms with Crippen LogP contribution in [0.1, 0.15) is 64.7 Å². The van der Waals surface area contributed by atoms with Gasteiger partial charge in [0, 0.05) is 25.3 Å². The van der Waals surface area contributed by atoms with Crippen LogP contribution in [0.5, 0.6) is 0 Å². The Hall–Kier alpha value is -1.40. The van der Waals surface area contributed by atoms with Crippen molar-refractivity contribution in [2.24, 2.45) is 11.8 Å². The molecule has 2 bridgehead atoms. The van der Waals surface area contributed by atoms with Crippen LogP contribution in [0.2, 0.25) is 0 Å². The lowest BCUT2D eigenvalue weighted by Crippen LogP contribution is -2.44. The first-order valence-corrected chi connectivity index (χ1v) is 9.65. The summed E-state index contributed by atoms with van der Waals surface area (Å²) in [5.41, 5.74) is 5.91. The van der Waals surface area contributed by atoms with Gasteiger partial charge in [0.1, 0.15) is 0 Å². The molecule has 6 heteroatoms. The van der Waals surface area contributed by atoms with Gasteiger partial charge in [-0.25, -0.2) is 5.43 Å². The van der Waals surface area contributed by atoms with Gasteiger partial charge in [-0.15, -0.1) is 0 Å².